The molecule has 0 saturated carbocycles. The molecule has 122 valence electrons. The van der Waals surface area contributed by atoms with Gasteiger partial charge in [0.1, 0.15) is 5.82 Å². The molecule has 4 nitrogen and oxygen atoms in total. The fourth-order valence-electron chi connectivity index (χ4n) is 1.96. The summed E-state index contributed by atoms with van der Waals surface area (Å²) >= 11 is 0. The van der Waals surface area contributed by atoms with Crippen molar-refractivity contribution in [3.8, 4) is 11.5 Å². The maximum absolute atomic E-state index is 13.1. The van der Waals surface area contributed by atoms with Gasteiger partial charge in [0.05, 0.1) is 7.11 Å². The number of hydrogen-bond donors (Lipinski definition) is 1. The van der Waals surface area contributed by atoms with Gasteiger partial charge in [0, 0.05) is 11.3 Å². The van der Waals surface area contributed by atoms with Gasteiger partial charge in [-0.15, -0.1) is 0 Å². The number of carbonyl (C=O) groups excluding carboxylic acids is 1. The number of hydrogen-bond acceptors (Lipinski definition) is 3. The zero-order chi connectivity index (χ0) is 17.0. The van der Waals surface area contributed by atoms with Crippen LogP contribution in [0, 0.1) is 12.7 Å². The predicted molar refractivity (Wildman–Crippen MR) is 78.7 cm³/mol. The summed E-state index contributed by atoms with van der Waals surface area (Å²) in [4.78, 5) is 12.2. The lowest BCUT2D eigenvalue weighted by Crippen LogP contribution is -2.13. The Morgan fingerprint density at radius 3 is 2.48 bits per heavy atom. The molecule has 0 aliphatic rings. The van der Waals surface area contributed by atoms with Crippen LogP contribution in [-0.2, 0) is 0 Å². The minimum Gasteiger partial charge on any atom is -0.493 e. The van der Waals surface area contributed by atoms with Gasteiger partial charge in [-0.3, -0.25) is 4.79 Å². The monoisotopic (exact) mass is 325 g/mol. The molecule has 0 radical (unpaired) electrons. The molecule has 1 N–H and O–H groups in total. The lowest BCUT2D eigenvalue weighted by atomic mass is 10.1. The lowest BCUT2D eigenvalue weighted by Gasteiger charge is -2.12. The fraction of sp³-hybridized carbons (Fsp3) is 0.188. The molecule has 2 aromatic carbocycles. The van der Waals surface area contributed by atoms with Crippen LogP contribution in [0.3, 0.4) is 0 Å². The molecule has 1 amide bonds. The summed E-state index contributed by atoms with van der Waals surface area (Å²) in [5.41, 5.74) is 1.19. The van der Waals surface area contributed by atoms with Gasteiger partial charge in [-0.1, -0.05) is 0 Å². The third-order valence-corrected chi connectivity index (χ3v) is 3.08. The summed E-state index contributed by atoms with van der Waals surface area (Å²) < 4.78 is 46.8. The van der Waals surface area contributed by atoms with Gasteiger partial charge in [0.2, 0.25) is 0 Å². The number of anilines is 1. The van der Waals surface area contributed by atoms with E-state index in [1.165, 1.54) is 43.5 Å². The minimum atomic E-state index is -2.99. The van der Waals surface area contributed by atoms with E-state index >= 15 is 0 Å². The number of methoxy groups -OCH3 is 1. The molecule has 0 fully saturated rings. The molecule has 0 aliphatic heterocycles. The van der Waals surface area contributed by atoms with E-state index in [2.05, 4.69) is 10.1 Å². The quantitative estimate of drug-likeness (QED) is 0.904. The summed E-state index contributed by atoms with van der Waals surface area (Å²) in [6.45, 7) is -1.34. The lowest BCUT2D eigenvalue weighted by molar-refractivity contribution is -0.0512. The molecule has 0 aliphatic carbocycles. The van der Waals surface area contributed by atoms with Crippen molar-refractivity contribution in [2.24, 2.45) is 0 Å². The van der Waals surface area contributed by atoms with E-state index < -0.39 is 18.3 Å². The molecular weight excluding hydrogens is 311 g/mol. The molecule has 0 heterocycles. The van der Waals surface area contributed by atoms with E-state index in [0.29, 0.717) is 11.3 Å². The maximum Gasteiger partial charge on any atom is 0.387 e. The highest BCUT2D eigenvalue weighted by atomic mass is 19.3. The van der Waals surface area contributed by atoms with E-state index in [0.717, 1.165) is 0 Å². The molecule has 0 spiro atoms. The van der Waals surface area contributed by atoms with Crippen LogP contribution >= 0.6 is 0 Å². The van der Waals surface area contributed by atoms with Crippen molar-refractivity contribution < 1.29 is 27.4 Å². The highest BCUT2D eigenvalue weighted by molar-refractivity contribution is 6.05. The fourth-order valence-corrected chi connectivity index (χ4v) is 1.96. The topological polar surface area (TPSA) is 47.6 Å². The number of alkyl halides is 2. The Bertz CT molecular complexity index is 720. The van der Waals surface area contributed by atoms with Crippen molar-refractivity contribution >= 4 is 11.6 Å². The van der Waals surface area contributed by atoms with Crippen LogP contribution in [-0.4, -0.2) is 19.6 Å². The van der Waals surface area contributed by atoms with Crippen molar-refractivity contribution in [3.05, 3.63) is 53.3 Å². The van der Waals surface area contributed by atoms with Gasteiger partial charge in [0.15, 0.2) is 11.5 Å². The van der Waals surface area contributed by atoms with Crippen molar-refractivity contribution in [2.75, 3.05) is 12.4 Å². The SMILES string of the molecule is COc1cc(C(=O)Nc2ccc(F)cc2C)ccc1OC(F)F. The Morgan fingerprint density at radius 1 is 1.13 bits per heavy atom. The first-order valence-electron chi connectivity index (χ1n) is 6.61. The standard InChI is InChI=1S/C16H14F3NO3/c1-9-7-11(17)4-5-12(9)20-15(21)10-3-6-13(23-16(18)19)14(8-10)22-2/h3-8,16H,1-2H3,(H,20,21). The number of benzene rings is 2. The number of nitrogens with one attached hydrogen (secondary N) is 1. The van der Waals surface area contributed by atoms with E-state index in [4.69, 9.17) is 4.74 Å². The van der Waals surface area contributed by atoms with Crippen molar-refractivity contribution in [3.63, 3.8) is 0 Å². The highest BCUT2D eigenvalue weighted by Crippen LogP contribution is 2.30. The van der Waals surface area contributed by atoms with Gasteiger partial charge in [-0.05, 0) is 48.9 Å². The third-order valence-electron chi connectivity index (χ3n) is 3.08. The summed E-state index contributed by atoms with van der Waals surface area (Å²) in [6, 6.07) is 7.78. The summed E-state index contributed by atoms with van der Waals surface area (Å²) in [6.07, 6.45) is 0. The Balaban J connectivity index is 2.22. The highest BCUT2D eigenvalue weighted by Gasteiger charge is 2.15. The van der Waals surface area contributed by atoms with Crippen LogP contribution in [0.15, 0.2) is 36.4 Å². The minimum absolute atomic E-state index is 0.00813. The molecule has 0 bridgehead atoms. The second kappa shape index (κ2) is 7.04. The Kier molecular flexibility index (Phi) is 5.10. The van der Waals surface area contributed by atoms with Crippen LogP contribution in [0.1, 0.15) is 15.9 Å². The molecule has 0 atom stereocenters. The van der Waals surface area contributed by atoms with Crippen LogP contribution < -0.4 is 14.8 Å². The number of carbonyl (C=O) groups is 1. The number of rotatable bonds is 5. The Labute approximate surface area is 130 Å². The zero-order valence-corrected chi connectivity index (χ0v) is 12.4. The van der Waals surface area contributed by atoms with Gasteiger partial charge >= 0.3 is 6.61 Å². The van der Waals surface area contributed by atoms with Crippen LogP contribution in [0.4, 0.5) is 18.9 Å². The molecule has 2 rings (SSSR count). The van der Waals surface area contributed by atoms with Gasteiger partial charge < -0.3 is 14.8 Å². The van der Waals surface area contributed by atoms with E-state index in [9.17, 15) is 18.0 Å². The largest absolute Gasteiger partial charge is 0.493 e. The molecule has 2 aromatic rings. The van der Waals surface area contributed by atoms with Crippen molar-refractivity contribution in [1.82, 2.24) is 0 Å². The van der Waals surface area contributed by atoms with Gasteiger partial charge in [-0.25, -0.2) is 4.39 Å². The van der Waals surface area contributed by atoms with E-state index in [-0.39, 0.29) is 17.1 Å². The number of amides is 1. The van der Waals surface area contributed by atoms with Gasteiger partial charge in [-0.2, -0.15) is 8.78 Å². The Hall–Kier alpha value is -2.70. The molecule has 23 heavy (non-hydrogen) atoms. The van der Waals surface area contributed by atoms with Crippen molar-refractivity contribution in [1.29, 1.82) is 0 Å². The molecule has 0 aromatic heterocycles. The van der Waals surface area contributed by atoms with E-state index in [1.807, 2.05) is 0 Å². The second-order valence-corrected chi connectivity index (χ2v) is 4.66. The first kappa shape index (κ1) is 16.7. The van der Waals surface area contributed by atoms with Crippen molar-refractivity contribution in [2.45, 2.75) is 13.5 Å². The molecule has 0 saturated heterocycles. The summed E-state index contributed by atoms with van der Waals surface area (Å²) in [7, 11) is 1.28. The normalized spacial score (nSPS) is 10.5. The van der Waals surface area contributed by atoms with Crippen LogP contribution in [0.2, 0.25) is 0 Å². The van der Waals surface area contributed by atoms with Gasteiger partial charge in [0.25, 0.3) is 5.91 Å². The smallest absolute Gasteiger partial charge is 0.387 e. The summed E-state index contributed by atoms with van der Waals surface area (Å²) in [5, 5.41) is 2.62. The third kappa shape index (κ3) is 4.15. The van der Waals surface area contributed by atoms with E-state index in [1.54, 1.807) is 6.92 Å². The maximum atomic E-state index is 13.1. The average molecular weight is 325 g/mol. The number of halogens is 3. The summed E-state index contributed by atoms with van der Waals surface area (Å²) in [5.74, 6) is -1.05. The Morgan fingerprint density at radius 2 is 1.87 bits per heavy atom. The molecule has 0 unspecified atom stereocenters. The first-order valence-corrected chi connectivity index (χ1v) is 6.61. The van der Waals surface area contributed by atoms with Crippen LogP contribution in [0.5, 0.6) is 11.5 Å². The first-order chi connectivity index (χ1) is 10.9. The second-order valence-electron chi connectivity index (χ2n) is 4.66. The number of aryl methyl sites for hydroxylation is 1. The molecular formula is C16H14F3NO3. The average Bonchev–Trinajstić information content (AvgIpc) is 2.49. The van der Waals surface area contributed by atoms with Crippen LogP contribution in [0.25, 0.3) is 0 Å². The number of ether oxygens (including phenoxy) is 2. The zero-order valence-electron chi connectivity index (χ0n) is 12.4. The predicted octanol–water partition coefficient (Wildman–Crippen LogP) is 4.00. The molecule has 7 heteroatoms.